The third-order valence-corrected chi connectivity index (χ3v) is 6.53. The number of anilines is 1. The molecule has 8 nitrogen and oxygen atoms in total. The Morgan fingerprint density at radius 1 is 1.06 bits per heavy atom. The monoisotopic (exact) mass is 492 g/mol. The van der Waals surface area contributed by atoms with E-state index in [2.05, 4.69) is 54.0 Å². The molecule has 0 amide bonds. The van der Waals surface area contributed by atoms with Gasteiger partial charge in [-0.3, -0.25) is 4.90 Å². The molecule has 0 fully saturated rings. The highest BCUT2D eigenvalue weighted by molar-refractivity contribution is 6.70. The summed E-state index contributed by atoms with van der Waals surface area (Å²) in [7, 11) is 0. The van der Waals surface area contributed by atoms with Crippen molar-refractivity contribution in [2.45, 2.75) is 58.9 Å². The number of hydrazone groups is 1. The van der Waals surface area contributed by atoms with Crippen LogP contribution in [0.3, 0.4) is 0 Å². The molecule has 3 unspecified atom stereocenters. The van der Waals surface area contributed by atoms with Gasteiger partial charge in [0.05, 0.1) is 6.33 Å². The zero-order chi connectivity index (χ0) is 25.1. The summed E-state index contributed by atoms with van der Waals surface area (Å²) in [6, 6.07) is 5.94. The quantitative estimate of drug-likeness (QED) is 0.484. The van der Waals surface area contributed by atoms with Gasteiger partial charge in [-0.2, -0.15) is 5.10 Å². The molecule has 2 aliphatic heterocycles. The van der Waals surface area contributed by atoms with Gasteiger partial charge in [0.15, 0.2) is 22.5 Å². The molecule has 9 heteroatoms. The Morgan fingerprint density at radius 2 is 1.74 bits per heavy atom. The standard InChI is InChI=1S/C26H29ClN6O2/c1-7-13-34-20-12-11-19(15-21(20)35-14-8-2)24-30-33(18(6)10-4)26-29-23(27)22-25(32(24)26)31(16-28-22)17(5)9-3/h1-2,11-12,15-18,26H,9-10,13-14H2,3-6H3. The Hall–Kier alpha value is -3.62. The van der Waals surface area contributed by atoms with Crippen molar-refractivity contribution in [2.24, 2.45) is 10.1 Å². The van der Waals surface area contributed by atoms with Crippen LogP contribution in [0.5, 0.6) is 11.5 Å². The molecule has 0 bridgehead atoms. The van der Waals surface area contributed by atoms with Crippen molar-refractivity contribution in [3.05, 3.63) is 35.8 Å². The third-order valence-electron chi connectivity index (χ3n) is 6.26. The van der Waals surface area contributed by atoms with Gasteiger partial charge >= 0.3 is 0 Å². The number of aromatic nitrogens is 2. The van der Waals surface area contributed by atoms with Crippen LogP contribution < -0.4 is 14.4 Å². The predicted octanol–water partition coefficient (Wildman–Crippen LogP) is 4.44. The average molecular weight is 493 g/mol. The van der Waals surface area contributed by atoms with Gasteiger partial charge in [0.1, 0.15) is 24.7 Å². The lowest BCUT2D eigenvalue weighted by Gasteiger charge is -2.35. The first-order chi connectivity index (χ1) is 16.9. The lowest BCUT2D eigenvalue weighted by Crippen LogP contribution is -2.47. The van der Waals surface area contributed by atoms with Gasteiger partial charge in [-0.15, -0.1) is 12.8 Å². The lowest BCUT2D eigenvalue weighted by atomic mass is 10.1. The lowest BCUT2D eigenvalue weighted by molar-refractivity contribution is 0.171. The van der Waals surface area contributed by atoms with Crippen molar-refractivity contribution in [3.63, 3.8) is 0 Å². The average Bonchev–Trinajstić information content (AvgIpc) is 3.48. The SMILES string of the molecule is C#CCOc1ccc(C2=NN(C(C)CC)C3N=C(Cl)c4ncn(C(C)CC)c4N23)cc1OCC#C. The van der Waals surface area contributed by atoms with Crippen LogP contribution in [0.4, 0.5) is 5.82 Å². The molecule has 182 valence electrons. The van der Waals surface area contributed by atoms with E-state index in [1.807, 2.05) is 29.5 Å². The van der Waals surface area contributed by atoms with Gasteiger partial charge in [0.25, 0.3) is 0 Å². The van der Waals surface area contributed by atoms with Crippen LogP contribution in [-0.4, -0.2) is 51.1 Å². The van der Waals surface area contributed by atoms with Gasteiger partial charge < -0.3 is 14.0 Å². The molecule has 0 radical (unpaired) electrons. The van der Waals surface area contributed by atoms with Crippen LogP contribution in [0.25, 0.3) is 0 Å². The van der Waals surface area contributed by atoms with E-state index < -0.39 is 6.29 Å². The minimum Gasteiger partial charge on any atom is -0.477 e. The van der Waals surface area contributed by atoms with Crippen molar-refractivity contribution < 1.29 is 9.47 Å². The highest BCUT2D eigenvalue weighted by atomic mass is 35.5. The summed E-state index contributed by atoms with van der Waals surface area (Å²) in [6.45, 7) is 8.75. The third kappa shape index (κ3) is 4.42. The number of halogens is 1. The summed E-state index contributed by atoms with van der Waals surface area (Å²) >= 11 is 6.63. The van der Waals surface area contributed by atoms with Crippen LogP contribution in [0.1, 0.15) is 57.8 Å². The van der Waals surface area contributed by atoms with Gasteiger partial charge in [0.2, 0.25) is 6.29 Å². The van der Waals surface area contributed by atoms with E-state index >= 15 is 0 Å². The van der Waals surface area contributed by atoms with Crippen molar-refractivity contribution in [1.29, 1.82) is 0 Å². The summed E-state index contributed by atoms with van der Waals surface area (Å²) in [4.78, 5) is 11.5. The van der Waals surface area contributed by atoms with Crippen LogP contribution in [0.2, 0.25) is 0 Å². The number of ether oxygens (including phenoxy) is 2. The molecule has 1 aromatic heterocycles. The first-order valence-corrected chi connectivity index (χ1v) is 12.1. The Kier molecular flexibility index (Phi) is 7.23. The number of aliphatic imine (C=N–C) groups is 1. The zero-order valence-corrected chi connectivity index (χ0v) is 21.2. The second-order valence-corrected chi connectivity index (χ2v) is 8.78. The van der Waals surface area contributed by atoms with Crippen molar-refractivity contribution in [2.75, 3.05) is 18.1 Å². The largest absolute Gasteiger partial charge is 0.477 e. The first-order valence-electron chi connectivity index (χ1n) is 11.7. The number of imidazole rings is 1. The van der Waals surface area contributed by atoms with Crippen molar-refractivity contribution in [3.8, 4) is 36.2 Å². The Bertz CT molecular complexity index is 1240. The van der Waals surface area contributed by atoms with Crippen LogP contribution in [0, 0.1) is 24.7 Å². The second kappa shape index (κ2) is 10.3. The number of fused-ring (bicyclic) bond motifs is 3. The Balaban J connectivity index is 1.86. The van der Waals surface area contributed by atoms with Gasteiger partial charge in [-0.1, -0.05) is 37.3 Å². The van der Waals surface area contributed by atoms with E-state index in [0.29, 0.717) is 28.2 Å². The molecule has 4 rings (SSSR count). The maximum Gasteiger partial charge on any atom is 0.222 e. The summed E-state index contributed by atoms with van der Waals surface area (Å²) < 4.78 is 13.6. The smallest absolute Gasteiger partial charge is 0.222 e. The molecule has 3 atom stereocenters. The maximum absolute atomic E-state index is 6.63. The molecule has 2 aromatic rings. The van der Waals surface area contributed by atoms with Crippen molar-refractivity contribution in [1.82, 2.24) is 14.6 Å². The summed E-state index contributed by atoms with van der Waals surface area (Å²) in [6.07, 6.45) is 14.0. The molecule has 3 heterocycles. The van der Waals surface area contributed by atoms with E-state index in [1.165, 1.54) is 0 Å². The number of nitrogens with zero attached hydrogens (tertiary/aromatic N) is 6. The fraction of sp³-hybridized carbons (Fsp3) is 0.423. The number of benzene rings is 1. The number of hydrogen-bond donors (Lipinski definition) is 0. The van der Waals surface area contributed by atoms with E-state index in [0.717, 1.165) is 24.2 Å². The molecule has 0 saturated carbocycles. The molecular formula is C26H29ClN6O2. The van der Waals surface area contributed by atoms with Crippen LogP contribution in [-0.2, 0) is 0 Å². The normalized spacial score (nSPS) is 18.0. The summed E-state index contributed by atoms with van der Waals surface area (Å²) in [5, 5.41) is 7.39. The van der Waals surface area contributed by atoms with E-state index in [1.54, 1.807) is 0 Å². The Labute approximate surface area is 211 Å². The molecule has 0 aliphatic carbocycles. The van der Waals surface area contributed by atoms with E-state index in [4.69, 9.17) is 44.0 Å². The summed E-state index contributed by atoms with van der Waals surface area (Å²) in [5.74, 6) is 7.55. The molecular weight excluding hydrogens is 464 g/mol. The first kappa shape index (κ1) is 24.5. The van der Waals surface area contributed by atoms with Crippen LogP contribution >= 0.6 is 11.6 Å². The molecule has 2 aliphatic rings. The molecule has 35 heavy (non-hydrogen) atoms. The molecule has 0 spiro atoms. The zero-order valence-electron chi connectivity index (χ0n) is 20.4. The minimum atomic E-state index is -0.424. The topological polar surface area (TPSA) is 67.5 Å². The number of amidine groups is 1. The fourth-order valence-corrected chi connectivity index (χ4v) is 4.23. The molecule has 0 N–H and O–H groups in total. The summed E-state index contributed by atoms with van der Waals surface area (Å²) in [5.41, 5.74) is 1.46. The Morgan fingerprint density at radius 3 is 2.40 bits per heavy atom. The highest BCUT2D eigenvalue weighted by Crippen LogP contribution is 2.40. The molecule has 0 saturated heterocycles. The van der Waals surface area contributed by atoms with Gasteiger partial charge in [-0.05, 0) is 44.9 Å². The minimum absolute atomic E-state index is 0.0957. The maximum atomic E-state index is 6.63. The van der Waals surface area contributed by atoms with Crippen LogP contribution in [0.15, 0.2) is 34.6 Å². The van der Waals surface area contributed by atoms with E-state index in [-0.39, 0.29) is 25.3 Å². The highest BCUT2D eigenvalue weighted by Gasteiger charge is 2.44. The fourth-order valence-electron chi connectivity index (χ4n) is 4.01. The van der Waals surface area contributed by atoms with Gasteiger partial charge in [-0.25, -0.2) is 15.0 Å². The van der Waals surface area contributed by atoms with Gasteiger partial charge in [0, 0.05) is 17.6 Å². The van der Waals surface area contributed by atoms with E-state index in [9.17, 15) is 0 Å². The number of rotatable bonds is 9. The predicted molar refractivity (Wildman–Crippen MR) is 139 cm³/mol. The molecule has 1 aromatic carbocycles. The number of terminal acetylenes is 2. The second-order valence-electron chi connectivity index (χ2n) is 8.43. The van der Waals surface area contributed by atoms with Crippen molar-refractivity contribution >= 4 is 28.4 Å². The number of hydrogen-bond acceptors (Lipinski definition) is 7.